The van der Waals surface area contributed by atoms with Crippen LogP contribution in [0.5, 0.6) is 0 Å². The van der Waals surface area contributed by atoms with Gasteiger partial charge < -0.3 is 5.11 Å². The lowest BCUT2D eigenvalue weighted by Gasteiger charge is -2.09. The van der Waals surface area contributed by atoms with Crippen LogP contribution in [0.1, 0.15) is 34.2 Å². The van der Waals surface area contributed by atoms with E-state index in [9.17, 15) is 5.11 Å². The van der Waals surface area contributed by atoms with Gasteiger partial charge in [-0.25, -0.2) is 4.98 Å². The van der Waals surface area contributed by atoms with E-state index in [1.54, 1.807) is 11.3 Å². The Bertz CT molecular complexity index is 514. The van der Waals surface area contributed by atoms with Gasteiger partial charge in [0.2, 0.25) is 0 Å². The highest BCUT2D eigenvalue weighted by molar-refractivity contribution is 7.99. The Hall–Kier alpha value is -0.840. The first kappa shape index (κ1) is 14.6. The number of hydrogen-bond acceptors (Lipinski definition) is 4. The normalized spacial score (nSPS) is 12.6. The molecule has 19 heavy (non-hydrogen) atoms. The van der Waals surface area contributed by atoms with Crippen molar-refractivity contribution in [1.29, 1.82) is 0 Å². The van der Waals surface area contributed by atoms with E-state index < -0.39 is 6.10 Å². The smallest absolute Gasteiger partial charge is 0.0960 e. The second kappa shape index (κ2) is 6.55. The third-order valence-electron chi connectivity index (χ3n) is 3.02. The molecule has 0 radical (unpaired) electrons. The first-order chi connectivity index (χ1) is 9.10. The molecule has 2 rings (SSSR count). The topological polar surface area (TPSA) is 33.1 Å². The third-order valence-corrected chi connectivity index (χ3v) is 5.01. The summed E-state index contributed by atoms with van der Waals surface area (Å²) in [4.78, 5) is 6.96. The predicted octanol–water partition coefficient (Wildman–Crippen LogP) is 4.15. The Morgan fingerprint density at radius 3 is 2.47 bits per heavy atom. The Morgan fingerprint density at radius 2 is 1.95 bits per heavy atom. The van der Waals surface area contributed by atoms with Crippen molar-refractivity contribution in [1.82, 2.24) is 4.98 Å². The summed E-state index contributed by atoms with van der Waals surface area (Å²) < 4.78 is 0. The molecule has 1 aromatic carbocycles. The van der Waals surface area contributed by atoms with Crippen molar-refractivity contribution in [2.24, 2.45) is 0 Å². The van der Waals surface area contributed by atoms with Crippen LogP contribution in [0.2, 0.25) is 0 Å². The molecule has 2 nitrogen and oxygen atoms in total. The molecular formula is C15H19NOS2. The van der Waals surface area contributed by atoms with E-state index in [-0.39, 0.29) is 0 Å². The zero-order chi connectivity index (χ0) is 13.8. The number of nitrogens with zero attached hydrogens (tertiary/aromatic N) is 1. The number of hydrogen-bond donors (Lipinski definition) is 1. The molecule has 0 aliphatic carbocycles. The Morgan fingerprint density at radius 1 is 1.26 bits per heavy atom. The van der Waals surface area contributed by atoms with Gasteiger partial charge >= 0.3 is 0 Å². The fourth-order valence-corrected chi connectivity index (χ4v) is 3.50. The molecule has 4 heteroatoms. The molecule has 0 spiro atoms. The Balaban J connectivity index is 2.04. The van der Waals surface area contributed by atoms with Gasteiger partial charge in [-0.3, -0.25) is 0 Å². The van der Waals surface area contributed by atoms with E-state index in [2.05, 4.69) is 31.0 Å². The molecule has 1 unspecified atom stereocenters. The fraction of sp³-hybridized carbons (Fsp3) is 0.400. The van der Waals surface area contributed by atoms with Gasteiger partial charge in [-0.05, 0) is 37.3 Å². The van der Waals surface area contributed by atoms with E-state index in [0.717, 1.165) is 22.0 Å². The lowest BCUT2D eigenvalue weighted by molar-refractivity contribution is 0.178. The summed E-state index contributed by atoms with van der Waals surface area (Å²) in [6, 6.07) is 8.17. The summed E-state index contributed by atoms with van der Waals surface area (Å²) in [6.07, 6.45) is 0.130. The molecule has 0 saturated heterocycles. The van der Waals surface area contributed by atoms with Gasteiger partial charge in [-0.2, -0.15) is 0 Å². The van der Waals surface area contributed by atoms with E-state index in [0.29, 0.717) is 6.42 Å². The molecule has 0 aliphatic rings. The lowest BCUT2D eigenvalue weighted by atomic mass is 10.1. The second-order valence-corrected chi connectivity index (χ2v) is 7.10. The number of thiazole rings is 1. The molecule has 1 atom stereocenters. The molecule has 0 aliphatic heterocycles. The minimum atomic E-state index is -0.467. The fourth-order valence-electron chi connectivity index (χ4n) is 1.86. The quantitative estimate of drug-likeness (QED) is 0.841. The summed E-state index contributed by atoms with van der Waals surface area (Å²) in [5.41, 5.74) is 2.04. The molecule has 1 heterocycles. The van der Waals surface area contributed by atoms with Crippen molar-refractivity contribution >= 4 is 23.1 Å². The number of aryl methyl sites for hydroxylation is 2. The van der Waals surface area contributed by atoms with Crippen molar-refractivity contribution in [3.63, 3.8) is 0 Å². The number of aliphatic hydroxyl groups is 1. The summed E-state index contributed by atoms with van der Waals surface area (Å²) in [7, 11) is 0. The number of rotatable bonds is 5. The summed E-state index contributed by atoms with van der Waals surface area (Å²) in [6.45, 7) is 6.22. The average molecular weight is 293 g/mol. The monoisotopic (exact) mass is 293 g/mol. The summed E-state index contributed by atoms with van der Waals surface area (Å²) in [5.74, 6) is 1.07. The van der Waals surface area contributed by atoms with Crippen molar-refractivity contribution < 1.29 is 5.11 Å². The molecule has 1 N–H and O–H groups in total. The van der Waals surface area contributed by atoms with Crippen molar-refractivity contribution in [2.75, 3.05) is 5.75 Å². The maximum Gasteiger partial charge on any atom is 0.0960 e. The van der Waals surface area contributed by atoms with Crippen molar-refractivity contribution in [3.8, 4) is 0 Å². The summed E-state index contributed by atoms with van der Waals surface area (Å²) >= 11 is 3.49. The van der Waals surface area contributed by atoms with Crippen LogP contribution in [-0.4, -0.2) is 15.8 Å². The van der Waals surface area contributed by atoms with Gasteiger partial charge in [-0.15, -0.1) is 23.1 Å². The molecule has 1 aromatic heterocycles. The molecule has 102 valence electrons. The number of thioether (sulfide) groups is 1. The molecule has 2 aromatic rings. The van der Waals surface area contributed by atoms with E-state index in [4.69, 9.17) is 0 Å². The van der Waals surface area contributed by atoms with Crippen LogP contribution in [0, 0.1) is 13.8 Å². The number of aliphatic hydroxyl groups excluding tert-OH is 1. The van der Waals surface area contributed by atoms with E-state index in [1.807, 2.05) is 30.8 Å². The zero-order valence-corrected chi connectivity index (χ0v) is 13.1. The minimum Gasteiger partial charge on any atom is -0.388 e. The first-order valence-electron chi connectivity index (χ1n) is 6.44. The second-order valence-electron chi connectivity index (χ2n) is 4.47. The molecule has 0 bridgehead atoms. The molecule has 0 saturated carbocycles. The van der Waals surface area contributed by atoms with Crippen LogP contribution in [0.15, 0.2) is 29.2 Å². The standard InChI is InChI=1S/C15H19NOS2/c1-4-18-13-7-5-12(6-8-13)14(17)9-15-16-10(2)11(3)19-15/h5-8,14,17H,4,9H2,1-3H3. The molecular weight excluding hydrogens is 274 g/mol. The van der Waals surface area contributed by atoms with Gasteiger partial charge in [0, 0.05) is 16.2 Å². The number of benzene rings is 1. The maximum absolute atomic E-state index is 10.3. The highest BCUT2D eigenvalue weighted by Gasteiger charge is 2.12. The van der Waals surface area contributed by atoms with Crippen LogP contribution < -0.4 is 0 Å². The van der Waals surface area contributed by atoms with Gasteiger partial charge in [0.25, 0.3) is 0 Å². The molecule has 0 amide bonds. The lowest BCUT2D eigenvalue weighted by Crippen LogP contribution is -2.01. The highest BCUT2D eigenvalue weighted by Crippen LogP contribution is 2.25. The maximum atomic E-state index is 10.3. The first-order valence-corrected chi connectivity index (χ1v) is 8.24. The van der Waals surface area contributed by atoms with Gasteiger partial charge in [0.15, 0.2) is 0 Å². The van der Waals surface area contributed by atoms with Crippen molar-refractivity contribution in [2.45, 2.75) is 38.2 Å². The van der Waals surface area contributed by atoms with E-state index >= 15 is 0 Å². The van der Waals surface area contributed by atoms with Crippen LogP contribution >= 0.6 is 23.1 Å². The van der Waals surface area contributed by atoms with Crippen molar-refractivity contribution in [3.05, 3.63) is 45.4 Å². The van der Waals surface area contributed by atoms with Crippen LogP contribution in [0.4, 0.5) is 0 Å². The Kier molecular flexibility index (Phi) is 5.02. The van der Waals surface area contributed by atoms with Crippen LogP contribution in [-0.2, 0) is 6.42 Å². The van der Waals surface area contributed by atoms with E-state index in [1.165, 1.54) is 9.77 Å². The van der Waals surface area contributed by atoms with Gasteiger partial charge in [0.05, 0.1) is 16.8 Å². The summed E-state index contributed by atoms with van der Waals surface area (Å²) in [5, 5.41) is 11.3. The van der Waals surface area contributed by atoms with Crippen LogP contribution in [0.3, 0.4) is 0 Å². The largest absolute Gasteiger partial charge is 0.388 e. The number of aromatic nitrogens is 1. The van der Waals surface area contributed by atoms with Crippen LogP contribution in [0.25, 0.3) is 0 Å². The Labute approximate surface area is 122 Å². The van der Waals surface area contributed by atoms with Gasteiger partial charge in [-0.1, -0.05) is 19.1 Å². The highest BCUT2D eigenvalue weighted by atomic mass is 32.2. The third kappa shape index (κ3) is 3.81. The SMILES string of the molecule is CCSc1ccc(C(O)Cc2nc(C)c(C)s2)cc1. The average Bonchev–Trinajstić information content (AvgIpc) is 2.69. The molecule has 0 fully saturated rings. The van der Waals surface area contributed by atoms with Gasteiger partial charge in [0.1, 0.15) is 0 Å². The predicted molar refractivity (Wildman–Crippen MR) is 83.1 cm³/mol. The minimum absolute atomic E-state index is 0.467. The zero-order valence-electron chi connectivity index (χ0n) is 11.5.